The topological polar surface area (TPSA) is 131 Å². The third kappa shape index (κ3) is 17.2. The van der Waals surface area contributed by atoms with Crippen LogP contribution in [0.15, 0.2) is 0 Å². The van der Waals surface area contributed by atoms with E-state index < -0.39 is 11.9 Å². The molecule has 1 unspecified atom stereocenters. The first kappa shape index (κ1) is 26.6. The van der Waals surface area contributed by atoms with Gasteiger partial charge >= 0.3 is 0 Å². The SMILES string of the molecule is CC(=O)NCCCCC(NC(=O)CC(C)C)C(N)=O.COC(C)(C)CO. The number of nitrogens with one attached hydrogen (secondary N) is 2. The Labute approximate surface area is 157 Å². The number of aliphatic hydroxyl groups excluding tert-OH is 1. The molecule has 0 spiro atoms. The molecule has 0 rings (SSSR count). The fourth-order valence-electron chi connectivity index (χ4n) is 1.71. The number of carbonyl (C=O) groups is 3. The Morgan fingerprint density at radius 1 is 1.19 bits per heavy atom. The second-order valence-corrected chi connectivity index (χ2v) is 7.22. The first-order valence-electron chi connectivity index (χ1n) is 8.94. The minimum atomic E-state index is -0.622. The van der Waals surface area contributed by atoms with E-state index in [1.807, 2.05) is 27.7 Å². The number of hydrogen-bond donors (Lipinski definition) is 4. The van der Waals surface area contributed by atoms with Crippen molar-refractivity contribution in [1.82, 2.24) is 10.6 Å². The molecule has 0 aliphatic rings. The van der Waals surface area contributed by atoms with E-state index in [9.17, 15) is 14.4 Å². The van der Waals surface area contributed by atoms with Gasteiger partial charge in [0.1, 0.15) is 6.04 Å². The van der Waals surface area contributed by atoms with Crippen LogP contribution in [0.4, 0.5) is 0 Å². The zero-order chi connectivity index (χ0) is 20.8. The predicted molar refractivity (Wildman–Crippen MR) is 101 cm³/mol. The lowest BCUT2D eigenvalue weighted by molar-refractivity contribution is -0.128. The Morgan fingerprint density at radius 2 is 1.77 bits per heavy atom. The maximum absolute atomic E-state index is 11.6. The van der Waals surface area contributed by atoms with Gasteiger partial charge in [0.25, 0.3) is 0 Å². The van der Waals surface area contributed by atoms with Crippen LogP contribution in [0.3, 0.4) is 0 Å². The monoisotopic (exact) mass is 375 g/mol. The molecule has 154 valence electrons. The Bertz CT molecular complexity index is 419. The largest absolute Gasteiger partial charge is 0.393 e. The number of carbonyl (C=O) groups excluding carboxylic acids is 3. The van der Waals surface area contributed by atoms with Gasteiger partial charge in [0.15, 0.2) is 0 Å². The van der Waals surface area contributed by atoms with E-state index >= 15 is 0 Å². The first-order chi connectivity index (χ1) is 11.9. The molecular weight excluding hydrogens is 338 g/mol. The van der Waals surface area contributed by atoms with E-state index in [4.69, 9.17) is 15.6 Å². The number of primary amides is 1. The molecule has 0 saturated heterocycles. The highest BCUT2D eigenvalue weighted by molar-refractivity contribution is 5.86. The average molecular weight is 376 g/mol. The van der Waals surface area contributed by atoms with Crippen LogP contribution in [0, 0.1) is 5.92 Å². The molecule has 3 amide bonds. The van der Waals surface area contributed by atoms with E-state index in [1.54, 1.807) is 7.11 Å². The summed E-state index contributed by atoms with van der Waals surface area (Å²) >= 11 is 0. The number of hydrogen-bond acceptors (Lipinski definition) is 5. The zero-order valence-corrected chi connectivity index (χ0v) is 17.1. The Morgan fingerprint density at radius 3 is 2.12 bits per heavy atom. The third-order valence-corrected chi connectivity index (χ3v) is 3.50. The Kier molecular flexibility index (Phi) is 14.8. The van der Waals surface area contributed by atoms with Gasteiger partial charge in [-0.25, -0.2) is 0 Å². The van der Waals surface area contributed by atoms with Crippen LogP contribution in [0.25, 0.3) is 0 Å². The summed E-state index contributed by atoms with van der Waals surface area (Å²) in [5.74, 6) is -0.498. The number of ether oxygens (including phenoxy) is 1. The van der Waals surface area contributed by atoms with Crippen molar-refractivity contribution >= 4 is 17.7 Å². The summed E-state index contributed by atoms with van der Waals surface area (Å²) in [4.78, 5) is 33.5. The number of nitrogens with two attached hydrogens (primary N) is 1. The number of amides is 3. The highest BCUT2D eigenvalue weighted by Gasteiger charge is 2.17. The lowest BCUT2D eigenvalue weighted by Gasteiger charge is -2.18. The number of unbranched alkanes of at least 4 members (excludes halogenated alkanes) is 1. The van der Waals surface area contributed by atoms with Gasteiger partial charge < -0.3 is 26.2 Å². The van der Waals surface area contributed by atoms with Crippen molar-refractivity contribution < 1.29 is 24.2 Å². The normalized spacial score (nSPS) is 12.0. The molecule has 0 aromatic rings. The van der Waals surface area contributed by atoms with Crippen molar-refractivity contribution in [2.75, 3.05) is 20.3 Å². The fourth-order valence-corrected chi connectivity index (χ4v) is 1.71. The molecule has 0 aromatic carbocycles. The van der Waals surface area contributed by atoms with Gasteiger partial charge in [0, 0.05) is 27.0 Å². The van der Waals surface area contributed by atoms with Crippen molar-refractivity contribution in [3.63, 3.8) is 0 Å². The second kappa shape index (κ2) is 14.5. The molecule has 26 heavy (non-hydrogen) atoms. The number of aliphatic hydroxyl groups is 1. The van der Waals surface area contributed by atoms with Crippen LogP contribution in [-0.4, -0.2) is 54.7 Å². The lowest BCUT2D eigenvalue weighted by atomic mass is 10.1. The van der Waals surface area contributed by atoms with E-state index in [0.29, 0.717) is 19.4 Å². The third-order valence-electron chi connectivity index (χ3n) is 3.50. The molecule has 5 N–H and O–H groups in total. The molecule has 0 fully saturated rings. The van der Waals surface area contributed by atoms with Crippen LogP contribution in [0.5, 0.6) is 0 Å². The van der Waals surface area contributed by atoms with Gasteiger partial charge in [-0.3, -0.25) is 14.4 Å². The molecule has 1 atom stereocenters. The van der Waals surface area contributed by atoms with E-state index in [0.717, 1.165) is 12.8 Å². The predicted octanol–water partition coefficient (Wildman–Crippen LogP) is 0.713. The summed E-state index contributed by atoms with van der Waals surface area (Å²) < 4.78 is 4.84. The maximum Gasteiger partial charge on any atom is 0.239 e. The van der Waals surface area contributed by atoms with Gasteiger partial charge in [-0.05, 0) is 39.0 Å². The molecule has 0 aliphatic carbocycles. The summed E-state index contributed by atoms with van der Waals surface area (Å²) in [7, 11) is 1.58. The van der Waals surface area contributed by atoms with E-state index in [2.05, 4.69) is 10.6 Å². The summed E-state index contributed by atoms with van der Waals surface area (Å²) in [6, 6.07) is -0.622. The van der Waals surface area contributed by atoms with Gasteiger partial charge in [-0.2, -0.15) is 0 Å². The maximum atomic E-state index is 11.6. The second-order valence-electron chi connectivity index (χ2n) is 7.22. The van der Waals surface area contributed by atoms with Crippen molar-refractivity contribution in [2.45, 2.75) is 71.9 Å². The molecule has 0 bridgehead atoms. The van der Waals surface area contributed by atoms with E-state index in [1.165, 1.54) is 6.92 Å². The molecule has 0 aromatic heterocycles. The van der Waals surface area contributed by atoms with Crippen molar-refractivity contribution in [1.29, 1.82) is 0 Å². The zero-order valence-electron chi connectivity index (χ0n) is 17.1. The molecule has 0 heterocycles. The first-order valence-corrected chi connectivity index (χ1v) is 8.94. The molecule has 0 saturated carbocycles. The van der Waals surface area contributed by atoms with Crippen molar-refractivity contribution in [2.24, 2.45) is 11.7 Å². The smallest absolute Gasteiger partial charge is 0.239 e. The molecule has 8 nitrogen and oxygen atoms in total. The molecule has 0 radical (unpaired) electrons. The minimum Gasteiger partial charge on any atom is -0.393 e. The Hall–Kier alpha value is -1.67. The van der Waals surface area contributed by atoms with Gasteiger partial charge in [-0.15, -0.1) is 0 Å². The minimum absolute atomic E-state index is 0.0725. The van der Waals surface area contributed by atoms with Crippen LogP contribution in [-0.2, 0) is 19.1 Å². The highest BCUT2D eigenvalue weighted by atomic mass is 16.5. The highest BCUT2D eigenvalue weighted by Crippen LogP contribution is 2.04. The lowest BCUT2D eigenvalue weighted by Crippen LogP contribution is -2.44. The molecule has 8 heteroatoms. The van der Waals surface area contributed by atoms with Gasteiger partial charge in [0.2, 0.25) is 17.7 Å². The Balaban J connectivity index is 0. The van der Waals surface area contributed by atoms with Crippen LogP contribution < -0.4 is 16.4 Å². The summed E-state index contributed by atoms with van der Waals surface area (Å²) in [6.07, 6.45) is 2.35. The quantitative estimate of drug-likeness (QED) is 0.395. The van der Waals surface area contributed by atoms with E-state index in [-0.39, 0.29) is 29.9 Å². The summed E-state index contributed by atoms with van der Waals surface area (Å²) in [5.41, 5.74) is 4.89. The molecular formula is C18H37N3O5. The van der Waals surface area contributed by atoms with Crippen molar-refractivity contribution in [3.05, 3.63) is 0 Å². The molecule has 0 aliphatic heterocycles. The summed E-state index contributed by atoms with van der Waals surface area (Å²) in [6.45, 7) is 9.63. The van der Waals surface area contributed by atoms with Gasteiger partial charge in [-0.1, -0.05) is 13.8 Å². The van der Waals surface area contributed by atoms with Crippen LogP contribution in [0.1, 0.15) is 60.3 Å². The average Bonchev–Trinajstić information content (AvgIpc) is 2.52. The van der Waals surface area contributed by atoms with Crippen LogP contribution in [0.2, 0.25) is 0 Å². The van der Waals surface area contributed by atoms with Crippen molar-refractivity contribution in [3.8, 4) is 0 Å². The van der Waals surface area contributed by atoms with Crippen LogP contribution >= 0.6 is 0 Å². The fraction of sp³-hybridized carbons (Fsp3) is 0.833. The van der Waals surface area contributed by atoms with Gasteiger partial charge in [0.05, 0.1) is 12.2 Å². The number of rotatable bonds is 11. The number of methoxy groups -OCH3 is 1. The standard InChI is InChI=1S/C13H25N3O3.C5H12O2/c1-9(2)8-12(18)16-11(13(14)19)6-4-5-7-15-10(3)17;1-5(2,4-6)7-3/h9,11H,4-8H2,1-3H3,(H2,14,19)(H,15,17)(H,16,18);6H,4H2,1-3H3. The summed E-state index contributed by atoms with van der Waals surface area (Å²) in [5, 5.41) is 13.8.